The maximum Gasteiger partial charge on any atom is 0.222 e. The first-order valence-corrected chi connectivity index (χ1v) is 9.51. The van der Waals surface area contributed by atoms with Gasteiger partial charge in [0.05, 0.1) is 5.56 Å². The molecule has 0 saturated heterocycles. The number of H-pyrrole nitrogens is 1. The van der Waals surface area contributed by atoms with E-state index in [2.05, 4.69) is 51.5 Å². The van der Waals surface area contributed by atoms with Crippen LogP contribution in [0, 0.1) is 11.6 Å². The molecule has 30 heavy (non-hydrogen) atoms. The van der Waals surface area contributed by atoms with Gasteiger partial charge in [-0.3, -0.25) is 0 Å². The average Bonchev–Trinajstić information content (AvgIpc) is 3.20. The number of aromatic nitrogens is 4. The van der Waals surface area contributed by atoms with E-state index in [1.165, 1.54) is 17.7 Å². The first-order valence-electron chi connectivity index (χ1n) is 9.51. The van der Waals surface area contributed by atoms with Gasteiger partial charge in [-0.15, -0.1) is 0 Å². The van der Waals surface area contributed by atoms with Crippen LogP contribution in [0.25, 0.3) is 33.5 Å². The van der Waals surface area contributed by atoms with Crippen molar-refractivity contribution in [1.82, 2.24) is 15.1 Å². The smallest absolute Gasteiger partial charge is 0.222 e. The Labute approximate surface area is 171 Å². The molecule has 0 bridgehead atoms. The topological polar surface area (TPSA) is 45.5 Å². The minimum atomic E-state index is -0.920. The number of halogens is 2. The molecule has 0 aliphatic heterocycles. The van der Waals surface area contributed by atoms with Crippen LogP contribution in [0.5, 0.6) is 0 Å². The largest absolute Gasteiger partial charge is 0.333 e. The van der Waals surface area contributed by atoms with Gasteiger partial charge >= 0.3 is 0 Å². The number of benzene rings is 3. The molecule has 5 rings (SSSR count). The van der Waals surface area contributed by atoms with E-state index in [9.17, 15) is 8.78 Å². The lowest BCUT2D eigenvalue weighted by Crippen LogP contribution is -2.37. The summed E-state index contributed by atoms with van der Waals surface area (Å²) in [6.45, 7) is 0.577. The van der Waals surface area contributed by atoms with E-state index >= 15 is 0 Å². The van der Waals surface area contributed by atoms with Crippen molar-refractivity contribution < 1.29 is 13.5 Å². The third kappa shape index (κ3) is 3.43. The second-order valence-electron chi connectivity index (χ2n) is 7.02. The number of imidazole rings is 1. The summed E-state index contributed by atoms with van der Waals surface area (Å²) in [6.07, 6.45) is 3.43. The van der Waals surface area contributed by atoms with Gasteiger partial charge in [0.2, 0.25) is 6.20 Å². The highest BCUT2D eigenvalue weighted by Gasteiger charge is 2.16. The Kier molecular flexibility index (Phi) is 4.52. The molecule has 5 aromatic rings. The fourth-order valence-electron chi connectivity index (χ4n) is 3.43. The van der Waals surface area contributed by atoms with Gasteiger partial charge in [0.1, 0.15) is 23.1 Å². The number of aromatic amines is 1. The zero-order valence-corrected chi connectivity index (χ0v) is 15.9. The predicted octanol–water partition coefficient (Wildman–Crippen LogP) is 4.91. The molecule has 0 fully saturated rings. The number of hydrogen-bond donors (Lipinski definition) is 1. The van der Waals surface area contributed by atoms with Gasteiger partial charge in [-0.25, -0.2) is 13.8 Å². The van der Waals surface area contributed by atoms with Crippen LogP contribution in [0.1, 0.15) is 5.56 Å². The van der Waals surface area contributed by atoms with Gasteiger partial charge in [-0.05, 0) is 28.4 Å². The van der Waals surface area contributed by atoms with Crippen LogP contribution in [0.15, 0.2) is 85.2 Å². The molecule has 0 radical (unpaired) electrons. The molecule has 3 aromatic carbocycles. The monoisotopic (exact) mass is 399 g/mol. The summed E-state index contributed by atoms with van der Waals surface area (Å²) in [6, 6.07) is 22.6. The maximum absolute atomic E-state index is 14.1. The third-order valence-corrected chi connectivity index (χ3v) is 4.98. The summed E-state index contributed by atoms with van der Waals surface area (Å²) in [5.74, 6) is -1.55. The molecule has 2 heterocycles. The van der Waals surface area contributed by atoms with Crippen molar-refractivity contribution in [3.8, 4) is 22.5 Å². The SMILES string of the molecule is Fc1cccc(-c2nc3cn[n+](Cc4ccc(-c5ccccc5)cc4)cc3[nH]2)c1F. The first kappa shape index (κ1) is 18.1. The summed E-state index contributed by atoms with van der Waals surface area (Å²) >= 11 is 0. The molecule has 0 spiro atoms. The molecule has 0 aliphatic carbocycles. The van der Waals surface area contributed by atoms with E-state index < -0.39 is 11.6 Å². The molecule has 6 heteroatoms. The quantitative estimate of drug-likeness (QED) is 0.437. The Morgan fingerprint density at radius 2 is 1.60 bits per heavy atom. The second kappa shape index (κ2) is 7.48. The van der Waals surface area contributed by atoms with Crippen LogP contribution in [0.4, 0.5) is 8.78 Å². The lowest BCUT2D eigenvalue weighted by atomic mass is 10.0. The molecule has 0 unspecified atom stereocenters. The molecule has 0 saturated carbocycles. The highest BCUT2D eigenvalue weighted by Crippen LogP contribution is 2.24. The van der Waals surface area contributed by atoms with Crippen LogP contribution in [0.2, 0.25) is 0 Å². The second-order valence-corrected chi connectivity index (χ2v) is 7.02. The van der Waals surface area contributed by atoms with Crippen LogP contribution >= 0.6 is 0 Å². The van der Waals surface area contributed by atoms with Crippen molar-refractivity contribution in [2.45, 2.75) is 6.54 Å². The summed E-state index contributed by atoms with van der Waals surface area (Å²) < 4.78 is 29.4. The lowest BCUT2D eigenvalue weighted by Gasteiger charge is -2.02. The fourth-order valence-corrected chi connectivity index (χ4v) is 3.43. The molecule has 1 N–H and O–H groups in total. The van der Waals surface area contributed by atoms with E-state index in [1.54, 1.807) is 10.9 Å². The molecule has 4 nitrogen and oxygen atoms in total. The number of nitrogens with zero attached hydrogens (tertiary/aromatic N) is 3. The Hall–Kier alpha value is -3.93. The number of fused-ring (bicyclic) bond motifs is 1. The predicted molar refractivity (Wildman–Crippen MR) is 110 cm³/mol. The Balaban J connectivity index is 1.41. The van der Waals surface area contributed by atoms with Gasteiger partial charge in [-0.2, -0.15) is 0 Å². The summed E-state index contributed by atoms with van der Waals surface area (Å²) in [5.41, 5.74) is 4.81. The minimum absolute atomic E-state index is 0.0919. The van der Waals surface area contributed by atoms with Crippen LogP contribution in [-0.2, 0) is 6.54 Å². The van der Waals surface area contributed by atoms with E-state index in [4.69, 9.17) is 0 Å². The first-order chi connectivity index (χ1) is 14.7. The van der Waals surface area contributed by atoms with Crippen molar-refractivity contribution in [3.05, 3.63) is 102 Å². The van der Waals surface area contributed by atoms with Gasteiger partial charge in [0.25, 0.3) is 0 Å². The molecule has 146 valence electrons. The molecule has 0 atom stereocenters. The minimum Gasteiger partial charge on any atom is -0.333 e. The Morgan fingerprint density at radius 1 is 0.833 bits per heavy atom. The molecule has 2 aromatic heterocycles. The zero-order valence-electron chi connectivity index (χ0n) is 15.9. The number of hydrogen-bond acceptors (Lipinski definition) is 2. The van der Waals surface area contributed by atoms with Gasteiger partial charge in [-0.1, -0.05) is 65.3 Å². The summed E-state index contributed by atoms with van der Waals surface area (Å²) in [5, 5.41) is 4.40. The molecule has 0 aliphatic rings. The standard InChI is InChI=1S/C24H16F2N4/c25-20-8-4-7-19(23(20)26)24-28-21-13-27-30(15-22(21)29-24)14-16-9-11-18(12-10-16)17-5-2-1-3-6-17/h1-13,15H,14H2/p+1. The van der Waals surface area contributed by atoms with Crippen molar-refractivity contribution >= 4 is 11.0 Å². The maximum atomic E-state index is 14.1. The van der Waals surface area contributed by atoms with E-state index in [0.717, 1.165) is 17.2 Å². The average molecular weight is 399 g/mol. The zero-order chi connectivity index (χ0) is 20.5. The van der Waals surface area contributed by atoms with Crippen molar-refractivity contribution in [2.75, 3.05) is 0 Å². The van der Waals surface area contributed by atoms with Crippen LogP contribution in [0.3, 0.4) is 0 Å². The Bertz CT molecular complexity index is 1330. The van der Waals surface area contributed by atoms with Crippen molar-refractivity contribution in [1.29, 1.82) is 0 Å². The van der Waals surface area contributed by atoms with Gasteiger partial charge in [0.15, 0.2) is 18.2 Å². The van der Waals surface area contributed by atoms with E-state index in [1.807, 2.05) is 24.4 Å². The molecular formula is C24H17F2N4+. The summed E-state index contributed by atoms with van der Waals surface area (Å²) in [7, 11) is 0. The van der Waals surface area contributed by atoms with E-state index in [0.29, 0.717) is 17.6 Å². The van der Waals surface area contributed by atoms with Gasteiger partial charge in [0, 0.05) is 5.56 Å². The fraction of sp³-hybridized carbons (Fsp3) is 0.0417. The highest BCUT2D eigenvalue weighted by molar-refractivity contribution is 5.77. The highest BCUT2D eigenvalue weighted by atomic mass is 19.2. The third-order valence-electron chi connectivity index (χ3n) is 4.98. The van der Waals surface area contributed by atoms with E-state index in [-0.39, 0.29) is 11.4 Å². The normalized spacial score (nSPS) is 11.1. The van der Waals surface area contributed by atoms with Crippen LogP contribution < -0.4 is 4.68 Å². The van der Waals surface area contributed by atoms with Crippen molar-refractivity contribution in [2.24, 2.45) is 0 Å². The van der Waals surface area contributed by atoms with Gasteiger partial charge < -0.3 is 4.98 Å². The molecular weight excluding hydrogens is 382 g/mol. The van der Waals surface area contributed by atoms with Crippen molar-refractivity contribution in [3.63, 3.8) is 0 Å². The Morgan fingerprint density at radius 3 is 2.40 bits per heavy atom. The number of rotatable bonds is 4. The number of nitrogens with one attached hydrogen (secondary N) is 1. The molecule has 0 amide bonds. The lowest BCUT2D eigenvalue weighted by molar-refractivity contribution is -0.745. The van der Waals surface area contributed by atoms with Crippen LogP contribution in [-0.4, -0.2) is 15.1 Å². The summed E-state index contributed by atoms with van der Waals surface area (Å²) in [4.78, 5) is 7.40.